The highest BCUT2D eigenvalue weighted by Gasteiger charge is 2.08. The summed E-state index contributed by atoms with van der Waals surface area (Å²) in [6.07, 6.45) is 3.56. The highest BCUT2D eigenvalue weighted by atomic mass is 16.5. The van der Waals surface area contributed by atoms with Gasteiger partial charge in [0.05, 0.1) is 6.61 Å². The molecular formula is C18H42N6O2. The SMILES string of the molecule is CCOC(=O)CCCCCNCCN(CCN)CCN(CCN)CCN. The smallest absolute Gasteiger partial charge is 0.305 e. The summed E-state index contributed by atoms with van der Waals surface area (Å²) in [4.78, 5) is 15.9. The van der Waals surface area contributed by atoms with Gasteiger partial charge in [-0.2, -0.15) is 0 Å². The lowest BCUT2D eigenvalue weighted by Crippen LogP contribution is -2.43. The molecule has 0 aliphatic heterocycles. The largest absolute Gasteiger partial charge is 0.466 e. The van der Waals surface area contributed by atoms with Crippen molar-refractivity contribution in [1.82, 2.24) is 15.1 Å². The first-order valence-corrected chi connectivity index (χ1v) is 10.1. The maximum absolute atomic E-state index is 11.2. The highest BCUT2D eigenvalue weighted by molar-refractivity contribution is 5.69. The molecule has 8 heteroatoms. The first kappa shape index (κ1) is 25.2. The molecule has 26 heavy (non-hydrogen) atoms. The monoisotopic (exact) mass is 374 g/mol. The standard InChI is InChI=1S/C18H42N6O2/c1-2-26-18(25)6-4-3-5-10-22-11-15-24(14-9-21)17-16-23(12-7-19)13-8-20/h22H,2-17,19-21H2,1H3. The summed E-state index contributed by atoms with van der Waals surface area (Å²) < 4.78 is 4.92. The Bertz CT molecular complexity index is 314. The Morgan fingerprint density at radius 3 is 1.92 bits per heavy atom. The van der Waals surface area contributed by atoms with E-state index in [1.54, 1.807) is 0 Å². The first-order chi connectivity index (χ1) is 12.7. The van der Waals surface area contributed by atoms with Gasteiger partial charge in [-0.1, -0.05) is 6.42 Å². The van der Waals surface area contributed by atoms with Crippen molar-refractivity contribution in [2.24, 2.45) is 17.2 Å². The zero-order valence-corrected chi connectivity index (χ0v) is 16.8. The topological polar surface area (TPSA) is 123 Å². The molecule has 0 heterocycles. The van der Waals surface area contributed by atoms with E-state index >= 15 is 0 Å². The third-order valence-electron chi connectivity index (χ3n) is 4.21. The van der Waals surface area contributed by atoms with Crippen molar-refractivity contribution in [3.63, 3.8) is 0 Å². The van der Waals surface area contributed by atoms with Gasteiger partial charge in [0.2, 0.25) is 0 Å². The van der Waals surface area contributed by atoms with E-state index < -0.39 is 0 Å². The minimum atomic E-state index is -0.0869. The summed E-state index contributed by atoms with van der Waals surface area (Å²) in [5, 5.41) is 3.47. The molecule has 0 rings (SSSR count). The van der Waals surface area contributed by atoms with E-state index in [2.05, 4.69) is 15.1 Å². The zero-order valence-electron chi connectivity index (χ0n) is 16.8. The summed E-state index contributed by atoms with van der Waals surface area (Å²) in [6.45, 7) is 11.8. The maximum atomic E-state index is 11.2. The van der Waals surface area contributed by atoms with Crippen molar-refractivity contribution in [1.29, 1.82) is 0 Å². The van der Waals surface area contributed by atoms with Gasteiger partial charge in [-0.05, 0) is 26.3 Å². The molecule has 0 bridgehead atoms. The Morgan fingerprint density at radius 2 is 1.38 bits per heavy atom. The minimum Gasteiger partial charge on any atom is -0.466 e. The van der Waals surface area contributed by atoms with Crippen LogP contribution in [0.4, 0.5) is 0 Å². The third-order valence-corrected chi connectivity index (χ3v) is 4.21. The van der Waals surface area contributed by atoms with Gasteiger partial charge in [-0.15, -0.1) is 0 Å². The van der Waals surface area contributed by atoms with Crippen LogP contribution in [0.25, 0.3) is 0 Å². The van der Waals surface area contributed by atoms with Crippen molar-refractivity contribution < 1.29 is 9.53 Å². The highest BCUT2D eigenvalue weighted by Crippen LogP contribution is 2.00. The Balaban J connectivity index is 3.74. The van der Waals surface area contributed by atoms with E-state index in [1.165, 1.54) is 0 Å². The first-order valence-electron chi connectivity index (χ1n) is 10.1. The number of hydrogen-bond donors (Lipinski definition) is 4. The lowest BCUT2D eigenvalue weighted by molar-refractivity contribution is -0.143. The number of carbonyl (C=O) groups excluding carboxylic acids is 1. The van der Waals surface area contributed by atoms with Crippen LogP contribution in [0, 0.1) is 0 Å². The van der Waals surface area contributed by atoms with Crippen LogP contribution in [0.3, 0.4) is 0 Å². The molecule has 0 saturated carbocycles. The van der Waals surface area contributed by atoms with Crippen LogP contribution >= 0.6 is 0 Å². The average Bonchev–Trinajstić information content (AvgIpc) is 2.62. The van der Waals surface area contributed by atoms with E-state index in [0.29, 0.717) is 32.7 Å². The summed E-state index contributed by atoms with van der Waals surface area (Å²) >= 11 is 0. The Labute approximate surface area is 159 Å². The fraction of sp³-hybridized carbons (Fsp3) is 0.944. The molecule has 0 atom stereocenters. The van der Waals surface area contributed by atoms with Crippen LogP contribution in [-0.2, 0) is 9.53 Å². The van der Waals surface area contributed by atoms with Crippen molar-refractivity contribution >= 4 is 5.97 Å². The quantitative estimate of drug-likeness (QED) is 0.171. The number of unbranched alkanes of at least 4 members (excludes halogenated alkanes) is 2. The van der Waals surface area contributed by atoms with Crippen LogP contribution in [-0.4, -0.2) is 94.4 Å². The molecule has 0 aromatic carbocycles. The number of nitrogens with zero attached hydrogens (tertiary/aromatic N) is 2. The molecule has 156 valence electrons. The predicted octanol–water partition coefficient (Wildman–Crippen LogP) is -0.820. The Kier molecular flexibility index (Phi) is 18.4. The molecule has 0 aliphatic rings. The second-order valence-corrected chi connectivity index (χ2v) is 6.41. The van der Waals surface area contributed by atoms with Gasteiger partial charge >= 0.3 is 5.97 Å². The molecule has 0 aromatic rings. The number of nitrogens with one attached hydrogen (secondary N) is 1. The lowest BCUT2D eigenvalue weighted by Gasteiger charge is -2.27. The second-order valence-electron chi connectivity index (χ2n) is 6.41. The number of ether oxygens (including phenoxy) is 1. The molecule has 0 amide bonds. The van der Waals surface area contributed by atoms with Gasteiger partial charge in [0.1, 0.15) is 0 Å². The van der Waals surface area contributed by atoms with Crippen LogP contribution in [0.2, 0.25) is 0 Å². The van der Waals surface area contributed by atoms with Gasteiger partial charge in [-0.3, -0.25) is 14.6 Å². The molecule has 0 aromatic heterocycles. The number of carbonyl (C=O) groups is 1. The van der Waals surface area contributed by atoms with Crippen molar-refractivity contribution in [2.45, 2.75) is 32.6 Å². The number of hydrogen-bond acceptors (Lipinski definition) is 8. The molecular weight excluding hydrogens is 332 g/mol. The van der Waals surface area contributed by atoms with E-state index in [-0.39, 0.29) is 5.97 Å². The zero-order chi connectivity index (χ0) is 19.5. The van der Waals surface area contributed by atoms with E-state index in [4.69, 9.17) is 21.9 Å². The van der Waals surface area contributed by atoms with Gasteiger partial charge in [0.25, 0.3) is 0 Å². The average molecular weight is 375 g/mol. The molecule has 0 saturated heterocycles. The van der Waals surface area contributed by atoms with E-state index in [1.807, 2.05) is 6.92 Å². The fourth-order valence-corrected chi connectivity index (χ4v) is 2.79. The number of rotatable bonds is 19. The number of esters is 1. The van der Waals surface area contributed by atoms with E-state index in [0.717, 1.165) is 71.6 Å². The normalized spacial score (nSPS) is 11.5. The van der Waals surface area contributed by atoms with E-state index in [9.17, 15) is 4.79 Å². The van der Waals surface area contributed by atoms with Crippen molar-refractivity contribution in [2.75, 3.05) is 78.6 Å². The molecule has 0 spiro atoms. The lowest BCUT2D eigenvalue weighted by atomic mass is 10.2. The minimum absolute atomic E-state index is 0.0869. The molecule has 7 N–H and O–H groups in total. The van der Waals surface area contributed by atoms with Gasteiger partial charge in [-0.25, -0.2) is 0 Å². The molecule has 8 nitrogen and oxygen atoms in total. The summed E-state index contributed by atoms with van der Waals surface area (Å²) in [7, 11) is 0. The Hall–Kier alpha value is -0.770. The Morgan fingerprint density at radius 1 is 0.808 bits per heavy atom. The maximum Gasteiger partial charge on any atom is 0.305 e. The van der Waals surface area contributed by atoms with Crippen LogP contribution in [0.15, 0.2) is 0 Å². The molecule has 0 unspecified atom stereocenters. The van der Waals surface area contributed by atoms with Gasteiger partial charge < -0.3 is 27.3 Å². The van der Waals surface area contributed by atoms with Crippen LogP contribution < -0.4 is 22.5 Å². The summed E-state index contributed by atoms with van der Waals surface area (Å²) in [5.74, 6) is -0.0869. The number of nitrogens with two attached hydrogens (primary N) is 3. The summed E-state index contributed by atoms with van der Waals surface area (Å²) in [5.41, 5.74) is 17.0. The van der Waals surface area contributed by atoms with Crippen molar-refractivity contribution in [3.8, 4) is 0 Å². The third kappa shape index (κ3) is 15.5. The molecule has 0 fully saturated rings. The van der Waals surface area contributed by atoms with Crippen molar-refractivity contribution in [3.05, 3.63) is 0 Å². The van der Waals surface area contributed by atoms with Gasteiger partial charge in [0.15, 0.2) is 0 Å². The second kappa shape index (κ2) is 19.0. The summed E-state index contributed by atoms with van der Waals surface area (Å²) in [6, 6.07) is 0. The predicted molar refractivity (Wildman–Crippen MR) is 108 cm³/mol. The molecule has 0 aliphatic carbocycles. The van der Waals surface area contributed by atoms with Crippen LogP contribution in [0.1, 0.15) is 32.6 Å². The van der Waals surface area contributed by atoms with Crippen LogP contribution in [0.5, 0.6) is 0 Å². The fourth-order valence-electron chi connectivity index (χ4n) is 2.79. The molecule has 0 radical (unpaired) electrons. The van der Waals surface area contributed by atoms with Gasteiger partial charge in [0, 0.05) is 71.9 Å².